The molecular weight excluding hydrogens is 481 g/mol. The Bertz CT molecular complexity index is 1110. The van der Waals surface area contributed by atoms with Crippen molar-refractivity contribution >= 4 is 45.5 Å². The lowest BCUT2D eigenvalue weighted by Crippen LogP contribution is -2.26. The first-order valence-corrected chi connectivity index (χ1v) is 10.0. The summed E-state index contributed by atoms with van der Waals surface area (Å²) in [5, 5.41) is 13.4. The highest BCUT2D eigenvalue weighted by atomic mass is 127. The summed E-state index contributed by atoms with van der Waals surface area (Å²) < 4.78 is 11.5. The maximum absolute atomic E-state index is 12.5. The zero-order valence-electron chi connectivity index (χ0n) is 16.1. The van der Waals surface area contributed by atoms with Crippen LogP contribution in [-0.4, -0.2) is 31.7 Å². The summed E-state index contributed by atoms with van der Waals surface area (Å²) in [6.45, 7) is 0.434. The molecular formula is C22H20IN3O3. The second kappa shape index (κ2) is 9.47. The van der Waals surface area contributed by atoms with Crippen LogP contribution < -0.4 is 14.8 Å². The Balaban J connectivity index is 1.70. The summed E-state index contributed by atoms with van der Waals surface area (Å²) in [5.41, 5.74) is 2.91. The molecule has 29 heavy (non-hydrogen) atoms. The molecule has 6 nitrogen and oxygen atoms in total. The minimum absolute atomic E-state index is 0.0342. The molecule has 0 aliphatic carbocycles. The molecule has 0 unspecified atom stereocenters. The Labute approximate surface area is 182 Å². The number of rotatable bonds is 7. The van der Waals surface area contributed by atoms with Crippen LogP contribution >= 0.6 is 22.6 Å². The lowest BCUT2D eigenvalue weighted by Gasteiger charge is -2.11. The predicted molar refractivity (Wildman–Crippen MR) is 121 cm³/mol. The number of nitriles is 1. The van der Waals surface area contributed by atoms with Crippen molar-refractivity contribution in [1.82, 2.24) is 10.3 Å². The number of para-hydroxylation sites is 1. The molecule has 1 amide bonds. The molecule has 1 aromatic heterocycles. The number of ether oxygens (including phenoxy) is 2. The molecule has 7 heteroatoms. The van der Waals surface area contributed by atoms with Crippen molar-refractivity contribution in [2.75, 3.05) is 20.8 Å². The standard InChI is InChI=1S/C22H20IN3O3/c1-28-20-11-14(10-18(23)21(20)29-2)9-16(12-24)22(27)25-8-7-15-13-26-19-6-4-3-5-17(15)19/h3-6,9-11,13,26H,7-8H2,1-2H3,(H,25,27)/b16-9+. The van der Waals surface area contributed by atoms with Crippen molar-refractivity contribution in [3.05, 3.63) is 62.9 Å². The number of fused-ring (bicyclic) bond motifs is 1. The SMILES string of the molecule is COc1cc(/C=C(\C#N)C(=O)NCCc2c[nH]c3ccccc23)cc(I)c1OC. The van der Waals surface area contributed by atoms with Gasteiger partial charge in [0.25, 0.3) is 5.91 Å². The summed E-state index contributed by atoms with van der Waals surface area (Å²) >= 11 is 2.13. The first-order valence-electron chi connectivity index (χ1n) is 8.94. The van der Waals surface area contributed by atoms with Gasteiger partial charge in [0.2, 0.25) is 0 Å². The topological polar surface area (TPSA) is 87.1 Å². The Kier molecular flexibility index (Phi) is 6.77. The molecule has 148 valence electrons. The van der Waals surface area contributed by atoms with Gasteiger partial charge in [0.15, 0.2) is 11.5 Å². The molecule has 3 aromatic rings. The molecule has 0 atom stereocenters. The van der Waals surface area contributed by atoms with Crippen molar-refractivity contribution in [3.63, 3.8) is 0 Å². The van der Waals surface area contributed by atoms with Crippen molar-refractivity contribution < 1.29 is 14.3 Å². The summed E-state index contributed by atoms with van der Waals surface area (Å²) in [7, 11) is 3.11. The predicted octanol–water partition coefficient (Wildman–Crippen LogP) is 4.06. The quantitative estimate of drug-likeness (QED) is 0.291. The number of methoxy groups -OCH3 is 2. The van der Waals surface area contributed by atoms with Gasteiger partial charge in [-0.1, -0.05) is 18.2 Å². The largest absolute Gasteiger partial charge is 0.493 e. The number of benzene rings is 2. The van der Waals surface area contributed by atoms with E-state index in [1.54, 1.807) is 26.4 Å². The lowest BCUT2D eigenvalue weighted by atomic mass is 10.1. The maximum Gasteiger partial charge on any atom is 0.261 e. The van der Waals surface area contributed by atoms with Gasteiger partial charge in [-0.15, -0.1) is 0 Å². The highest BCUT2D eigenvalue weighted by Crippen LogP contribution is 2.34. The smallest absolute Gasteiger partial charge is 0.261 e. The molecule has 0 aliphatic rings. The van der Waals surface area contributed by atoms with Crippen molar-refractivity contribution in [3.8, 4) is 17.6 Å². The minimum Gasteiger partial charge on any atom is -0.493 e. The summed E-state index contributed by atoms with van der Waals surface area (Å²) in [4.78, 5) is 15.7. The fraction of sp³-hybridized carbons (Fsp3) is 0.182. The molecule has 0 spiro atoms. The zero-order valence-corrected chi connectivity index (χ0v) is 18.2. The molecule has 2 aromatic carbocycles. The third kappa shape index (κ3) is 4.71. The molecule has 1 heterocycles. The van der Waals surface area contributed by atoms with E-state index in [2.05, 4.69) is 32.9 Å². The van der Waals surface area contributed by atoms with Crippen LogP contribution in [0, 0.1) is 14.9 Å². The fourth-order valence-electron chi connectivity index (χ4n) is 3.08. The first-order chi connectivity index (χ1) is 14.1. The van der Waals surface area contributed by atoms with E-state index >= 15 is 0 Å². The molecule has 0 saturated carbocycles. The van der Waals surface area contributed by atoms with Crippen LogP contribution in [0.15, 0.2) is 48.2 Å². The molecule has 0 radical (unpaired) electrons. The molecule has 0 saturated heterocycles. The van der Waals surface area contributed by atoms with E-state index in [1.165, 1.54) is 0 Å². The Hall–Kier alpha value is -2.99. The van der Waals surface area contributed by atoms with Gasteiger partial charge in [-0.25, -0.2) is 0 Å². The number of amides is 1. The fourth-order valence-corrected chi connectivity index (χ4v) is 3.93. The number of aromatic amines is 1. The van der Waals surface area contributed by atoms with Gasteiger partial charge in [0.1, 0.15) is 11.6 Å². The van der Waals surface area contributed by atoms with Gasteiger partial charge in [0.05, 0.1) is 17.8 Å². The van der Waals surface area contributed by atoms with E-state index in [0.717, 1.165) is 20.0 Å². The van der Waals surface area contributed by atoms with Gasteiger partial charge in [0, 0.05) is 23.6 Å². The summed E-state index contributed by atoms with van der Waals surface area (Å²) in [5.74, 6) is 0.756. The van der Waals surface area contributed by atoms with E-state index in [-0.39, 0.29) is 5.57 Å². The highest BCUT2D eigenvalue weighted by molar-refractivity contribution is 14.1. The van der Waals surface area contributed by atoms with Crippen LogP contribution in [0.5, 0.6) is 11.5 Å². The van der Waals surface area contributed by atoms with E-state index in [9.17, 15) is 10.1 Å². The average Bonchev–Trinajstić information content (AvgIpc) is 3.14. The summed E-state index contributed by atoms with van der Waals surface area (Å²) in [6, 6.07) is 13.6. The van der Waals surface area contributed by atoms with Crippen LogP contribution in [0.25, 0.3) is 17.0 Å². The van der Waals surface area contributed by atoms with Crippen molar-refractivity contribution in [2.24, 2.45) is 0 Å². The van der Waals surface area contributed by atoms with Crippen LogP contribution in [0.2, 0.25) is 0 Å². The van der Waals surface area contributed by atoms with Crippen molar-refractivity contribution in [1.29, 1.82) is 5.26 Å². The molecule has 0 aliphatic heterocycles. The van der Waals surface area contributed by atoms with E-state index in [4.69, 9.17) is 9.47 Å². The van der Waals surface area contributed by atoms with Gasteiger partial charge < -0.3 is 19.8 Å². The number of H-pyrrole nitrogens is 1. The van der Waals surface area contributed by atoms with Crippen LogP contribution in [0.4, 0.5) is 0 Å². The second-order valence-electron chi connectivity index (χ2n) is 6.27. The lowest BCUT2D eigenvalue weighted by molar-refractivity contribution is -0.117. The van der Waals surface area contributed by atoms with Crippen LogP contribution in [0.1, 0.15) is 11.1 Å². The third-order valence-electron chi connectivity index (χ3n) is 4.49. The number of hydrogen-bond acceptors (Lipinski definition) is 4. The van der Waals surface area contributed by atoms with Gasteiger partial charge in [-0.2, -0.15) is 5.26 Å². The number of halogens is 1. The number of hydrogen-bond donors (Lipinski definition) is 2. The Morgan fingerprint density at radius 1 is 1.28 bits per heavy atom. The second-order valence-corrected chi connectivity index (χ2v) is 7.44. The van der Waals surface area contributed by atoms with E-state index < -0.39 is 5.91 Å². The molecule has 0 bridgehead atoms. The van der Waals surface area contributed by atoms with E-state index in [1.807, 2.05) is 42.6 Å². The average molecular weight is 501 g/mol. The number of nitrogens with one attached hydrogen (secondary N) is 2. The van der Waals surface area contributed by atoms with Crippen molar-refractivity contribution in [2.45, 2.75) is 6.42 Å². The third-order valence-corrected chi connectivity index (χ3v) is 5.29. The number of nitrogens with zero attached hydrogens (tertiary/aromatic N) is 1. The maximum atomic E-state index is 12.5. The summed E-state index contributed by atoms with van der Waals surface area (Å²) in [6.07, 6.45) is 4.16. The molecule has 2 N–H and O–H groups in total. The van der Waals surface area contributed by atoms with Gasteiger partial charge >= 0.3 is 0 Å². The minimum atomic E-state index is -0.405. The van der Waals surface area contributed by atoms with Crippen LogP contribution in [0.3, 0.4) is 0 Å². The Morgan fingerprint density at radius 3 is 2.79 bits per heavy atom. The number of carbonyl (C=O) groups excluding carboxylic acids is 1. The monoisotopic (exact) mass is 501 g/mol. The van der Waals surface area contributed by atoms with Gasteiger partial charge in [-0.3, -0.25) is 4.79 Å². The zero-order chi connectivity index (χ0) is 20.8. The number of aromatic nitrogens is 1. The first kappa shape index (κ1) is 20.7. The van der Waals surface area contributed by atoms with Gasteiger partial charge in [-0.05, 0) is 64.4 Å². The highest BCUT2D eigenvalue weighted by Gasteiger charge is 2.13. The Morgan fingerprint density at radius 2 is 2.07 bits per heavy atom. The van der Waals surface area contributed by atoms with Crippen LogP contribution in [-0.2, 0) is 11.2 Å². The number of carbonyl (C=O) groups is 1. The molecule has 0 fully saturated rings. The molecule has 3 rings (SSSR count). The normalized spacial score (nSPS) is 11.2. The van der Waals surface area contributed by atoms with E-state index in [0.29, 0.717) is 30.0 Å².